The van der Waals surface area contributed by atoms with Crippen LogP contribution in [0.1, 0.15) is 29.7 Å². The summed E-state index contributed by atoms with van der Waals surface area (Å²) in [6, 6.07) is -0.138. The lowest BCUT2D eigenvalue weighted by Gasteiger charge is -2.07. The number of aliphatic carboxylic acids is 1. The Hall–Kier alpha value is -1.95. The molecule has 1 atom stereocenters. The predicted octanol–water partition coefficient (Wildman–Crippen LogP) is 0.450. The van der Waals surface area contributed by atoms with Gasteiger partial charge in [0.05, 0.1) is 24.9 Å². The van der Waals surface area contributed by atoms with Crippen molar-refractivity contribution in [1.29, 1.82) is 0 Å². The third-order valence-corrected chi connectivity index (χ3v) is 2.85. The van der Waals surface area contributed by atoms with Crippen LogP contribution in [0.5, 0.6) is 5.75 Å². The maximum absolute atomic E-state index is 10.4. The van der Waals surface area contributed by atoms with E-state index in [2.05, 4.69) is 15.7 Å². The first-order chi connectivity index (χ1) is 8.91. The van der Waals surface area contributed by atoms with E-state index in [1.54, 1.807) is 19.3 Å². The lowest BCUT2D eigenvalue weighted by molar-refractivity contribution is -0.394. The summed E-state index contributed by atoms with van der Waals surface area (Å²) in [6.45, 7) is 3.95. The topological polar surface area (TPSA) is 110 Å². The Bertz CT molecular complexity index is 486. The molecule has 1 aromatic heterocycles. The van der Waals surface area contributed by atoms with Crippen molar-refractivity contribution in [1.82, 2.24) is 4.98 Å². The highest BCUT2D eigenvalue weighted by molar-refractivity contribution is 5.68. The average molecular weight is 266 g/mol. The van der Waals surface area contributed by atoms with Crippen molar-refractivity contribution in [3.8, 4) is 5.75 Å². The fourth-order valence-corrected chi connectivity index (χ4v) is 1.61. The van der Waals surface area contributed by atoms with E-state index in [9.17, 15) is 9.90 Å². The van der Waals surface area contributed by atoms with Crippen LogP contribution in [0.25, 0.3) is 0 Å². The van der Waals surface area contributed by atoms with Gasteiger partial charge in [-0.25, -0.2) is 0 Å². The molecule has 1 rings (SSSR count). The molecule has 0 aliphatic rings. The number of pyridine rings is 1. The van der Waals surface area contributed by atoms with Gasteiger partial charge in [-0.2, -0.15) is 0 Å². The minimum absolute atomic E-state index is 0.0822. The van der Waals surface area contributed by atoms with Gasteiger partial charge in [-0.3, -0.25) is 14.8 Å². The minimum atomic E-state index is -0.833. The van der Waals surface area contributed by atoms with Gasteiger partial charge in [0.2, 0.25) is 0 Å². The molecule has 1 aromatic rings. The number of quaternary nitrogens is 1. The lowest BCUT2D eigenvalue weighted by Crippen LogP contribution is -2.61. The second kappa shape index (κ2) is 6.84. The summed E-state index contributed by atoms with van der Waals surface area (Å²) >= 11 is 0. The summed E-state index contributed by atoms with van der Waals surface area (Å²) in [5.41, 5.74) is 6.02. The smallest absolute Gasteiger partial charge is 0.303 e. The molecule has 0 spiro atoms. The van der Waals surface area contributed by atoms with Crippen LogP contribution in [0, 0.1) is 13.8 Å². The van der Waals surface area contributed by atoms with E-state index < -0.39 is 5.97 Å². The summed E-state index contributed by atoms with van der Waals surface area (Å²) in [5.74, 6) is -0.663. The van der Waals surface area contributed by atoms with Crippen LogP contribution in [-0.4, -0.2) is 33.4 Å². The minimum Gasteiger partial charge on any atom is -0.506 e. The summed E-state index contributed by atoms with van der Waals surface area (Å²) < 4.78 is 0. The Morgan fingerprint density at radius 1 is 1.58 bits per heavy atom. The number of aromatic hydroxyl groups is 1. The second-order valence-corrected chi connectivity index (χ2v) is 4.54. The molecule has 0 fully saturated rings. The maximum Gasteiger partial charge on any atom is 0.303 e. The molecule has 104 valence electrons. The van der Waals surface area contributed by atoms with Gasteiger partial charge in [-0.1, -0.05) is 0 Å². The number of carboxylic acids is 1. The van der Waals surface area contributed by atoms with E-state index in [-0.39, 0.29) is 18.2 Å². The van der Waals surface area contributed by atoms with Crippen LogP contribution in [0.2, 0.25) is 0 Å². The number of aliphatic imine (C=N–C) groups is 1. The first kappa shape index (κ1) is 15.1. The van der Waals surface area contributed by atoms with Crippen molar-refractivity contribution in [2.24, 2.45) is 4.99 Å². The highest BCUT2D eigenvalue weighted by Crippen LogP contribution is 2.23. The largest absolute Gasteiger partial charge is 0.506 e. The standard InChI is InChI=1S/C13H19N3O3/c1-8-5-16-9(2)13(19)11(8)7-15-6-10(14)3-4-12(17)18/h5-6,10,19H,3-4,7,14H2,1-2H3,(H,17,18)/p+1/t10-/m0/s1. The van der Waals surface area contributed by atoms with Crippen LogP contribution < -0.4 is 5.73 Å². The van der Waals surface area contributed by atoms with Gasteiger partial charge >= 0.3 is 5.97 Å². The number of nitrogens with zero attached hydrogens (tertiary/aromatic N) is 2. The Labute approximate surface area is 112 Å². The van der Waals surface area contributed by atoms with Gasteiger partial charge in [-0.15, -0.1) is 0 Å². The highest BCUT2D eigenvalue weighted by atomic mass is 16.4. The molecular formula is C13H20N3O3+. The molecule has 0 bridgehead atoms. The van der Waals surface area contributed by atoms with Gasteiger partial charge in [0.25, 0.3) is 0 Å². The SMILES string of the molecule is Cc1cnc(C)c(O)c1CN=C[C@@H]([NH3+])CCC(=O)O. The van der Waals surface area contributed by atoms with E-state index in [0.717, 1.165) is 11.1 Å². The molecule has 19 heavy (non-hydrogen) atoms. The van der Waals surface area contributed by atoms with Crippen LogP contribution in [0.3, 0.4) is 0 Å². The summed E-state index contributed by atoms with van der Waals surface area (Å²) in [7, 11) is 0. The third-order valence-electron chi connectivity index (χ3n) is 2.85. The first-order valence-corrected chi connectivity index (χ1v) is 6.10. The molecule has 0 aliphatic heterocycles. The zero-order valence-electron chi connectivity index (χ0n) is 11.3. The number of carboxylic acid groups (broad SMARTS) is 1. The fourth-order valence-electron chi connectivity index (χ4n) is 1.61. The number of aryl methyl sites for hydroxylation is 2. The van der Waals surface area contributed by atoms with E-state index >= 15 is 0 Å². The zero-order valence-corrected chi connectivity index (χ0v) is 11.3. The number of carbonyl (C=O) groups is 1. The van der Waals surface area contributed by atoms with Crippen LogP contribution in [0.15, 0.2) is 11.2 Å². The van der Waals surface area contributed by atoms with Gasteiger partial charge < -0.3 is 15.9 Å². The van der Waals surface area contributed by atoms with Crippen molar-refractivity contribution < 1.29 is 20.7 Å². The van der Waals surface area contributed by atoms with Crippen LogP contribution in [-0.2, 0) is 11.3 Å². The quantitative estimate of drug-likeness (QED) is 0.649. The van der Waals surface area contributed by atoms with Gasteiger partial charge in [0.15, 0.2) is 0 Å². The molecule has 0 unspecified atom stereocenters. The van der Waals surface area contributed by atoms with Crippen molar-refractivity contribution in [2.75, 3.05) is 0 Å². The van der Waals surface area contributed by atoms with Crippen molar-refractivity contribution in [2.45, 2.75) is 39.3 Å². The second-order valence-electron chi connectivity index (χ2n) is 4.54. The molecule has 6 heteroatoms. The molecular weight excluding hydrogens is 246 g/mol. The van der Waals surface area contributed by atoms with Gasteiger partial charge in [-0.05, 0) is 19.4 Å². The normalized spacial score (nSPS) is 12.8. The molecule has 0 saturated heterocycles. The van der Waals surface area contributed by atoms with E-state index in [0.29, 0.717) is 18.7 Å². The van der Waals surface area contributed by atoms with Crippen LogP contribution >= 0.6 is 0 Å². The molecule has 5 N–H and O–H groups in total. The van der Waals surface area contributed by atoms with Crippen molar-refractivity contribution >= 4 is 12.2 Å². The molecule has 0 aliphatic carbocycles. The fraction of sp³-hybridized carbons (Fsp3) is 0.462. The zero-order chi connectivity index (χ0) is 14.4. The Morgan fingerprint density at radius 2 is 2.26 bits per heavy atom. The lowest BCUT2D eigenvalue weighted by atomic mass is 10.1. The molecule has 0 radical (unpaired) electrons. The summed E-state index contributed by atoms with van der Waals surface area (Å²) in [4.78, 5) is 18.7. The molecule has 0 aromatic carbocycles. The average Bonchev–Trinajstić information content (AvgIpc) is 2.35. The monoisotopic (exact) mass is 266 g/mol. The highest BCUT2D eigenvalue weighted by Gasteiger charge is 2.09. The Morgan fingerprint density at radius 3 is 2.89 bits per heavy atom. The van der Waals surface area contributed by atoms with Crippen molar-refractivity contribution in [3.05, 3.63) is 23.0 Å². The number of rotatable bonds is 6. The van der Waals surface area contributed by atoms with E-state index in [1.807, 2.05) is 6.92 Å². The first-order valence-electron chi connectivity index (χ1n) is 6.10. The molecule has 1 heterocycles. The number of aromatic nitrogens is 1. The molecule has 6 nitrogen and oxygen atoms in total. The van der Waals surface area contributed by atoms with Crippen LogP contribution in [0.4, 0.5) is 0 Å². The molecule has 0 saturated carbocycles. The third kappa shape index (κ3) is 4.67. The Balaban J connectivity index is 2.62. The van der Waals surface area contributed by atoms with E-state index in [1.165, 1.54) is 0 Å². The van der Waals surface area contributed by atoms with Crippen molar-refractivity contribution in [3.63, 3.8) is 0 Å². The van der Waals surface area contributed by atoms with Gasteiger partial charge in [0.1, 0.15) is 11.8 Å². The maximum atomic E-state index is 10.4. The number of hydrogen-bond donors (Lipinski definition) is 3. The van der Waals surface area contributed by atoms with Gasteiger partial charge in [0, 0.05) is 18.2 Å². The molecule has 0 amide bonds. The summed E-state index contributed by atoms with van der Waals surface area (Å²) in [5, 5.41) is 18.4. The predicted molar refractivity (Wildman–Crippen MR) is 71.1 cm³/mol. The Kier molecular flexibility index (Phi) is 5.44. The summed E-state index contributed by atoms with van der Waals surface area (Å²) in [6.07, 6.45) is 3.88. The van der Waals surface area contributed by atoms with E-state index in [4.69, 9.17) is 5.11 Å². The number of hydrogen-bond acceptors (Lipinski definition) is 4.